The second-order valence-electron chi connectivity index (χ2n) is 2.86. The van der Waals surface area contributed by atoms with E-state index in [4.69, 9.17) is 9.15 Å². The monoisotopic (exact) mass is 288 g/mol. The van der Waals surface area contributed by atoms with Crippen LogP contribution in [-0.4, -0.2) is 7.11 Å². The van der Waals surface area contributed by atoms with Gasteiger partial charge in [0.1, 0.15) is 11.3 Å². The van der Waals surface area contributed by atoms with Crippen LogP contribution in [0.15, 0.2) is 22.6 Å². The van der Waals surface area contributed by atoms with E-state index in [-0.39, 0.29) is 0 Å². The Labute approximate surface area is 90.0 Å². The van der Waals surface area contributed by atoms with Crippen LogP contribution in [-0.2, 0) is 0 Å². The lowest BCUT2D eigenvalue weighted by atomic mass is 10.2. The lowest BCUT2D eigenvalue weighted by Crippen LogP contribution is -1.80. The van der Waals surface area contributed by atoms with Crippen molar-refractivity contribution in [1.82, 2.24) is 0 Å². The third-order valence-electron chi connectivity index (χ3n) is 2.09. The molecule has 2 rings (SSSR count). The number of aryl methyl sites for hydroxylation is 1. The summed E-state index contributed by atoms with van der Waals surface area (Å²) in [4.78, 5) is 0. The second kappa shape index (κ2) is 3.21. The quantitative estimate of drug-likeness (QED) is 0.751. The summed E-state index contributed by atoms with van der Waals surface area (Å²) in [6, 6.07) is 5.88. The Morgan fingerprint density at radius 2 is 2.15 bits per heavy atom. The Bertz CT molecular complexity index is 445. The number of methoxy groups -OCH3 is 1. The molecule has 0 amide bonds. The van der Waals surface area contributed by atoms with Crippen LogP contribution in [0.25, 0.3) is 11.0 Å². The third kappa shape index (κ3) is 1.41. The molecule has 0 unspecified atom stereocenters. The predicted molar refractivity (Wildman–Crippen MR) is 60.2 cm³/mol. The van der Waals surface area contributed by atoms with Crippen molar-refractivity contribution in [2.45, 2.75) is 6.92 Å². The number of rotatable bonds is 1. The van der Waals surface area contributed by atoms with Gasteiger partial charge in [-0.05, 0) is 41.6 Å². The number of ether oxygens (including phenoxy) is 1. The van der Waals surface area contributed by atoms with Gasteiger partial charge >= 0.3 is 0 Å². The maximum absolute atomic E-state index is 5.55. The van der Waals surface area contributed by atoms with Gasteiger partial charge < -0.3 is 9.15 Å². The molecule has 0 radical (unpaired) electrons. The first-order chi connectivity index (χ1) is 6.22. The van der Waals surface area contributed by atoms with E-state index >= 15 is 0 Å². The maximum Gasteiger partial charge on any atom is 0.167 e. The summed E-state index contributed by atoms with van der Waals surface area (Å²) in [6.07, 6.45) is 0. The van der Waals surface area contributed by atoms with Crippen molar-refractivity contribution in [3.8, 4) is 5.75 Å². The highest BCUT2D eigenvalue weighted by molar-refractivity contribution is 14.1. The lowest BCUT2D eigenvalue weighted by molar-refractivity contribution is 0.414. The summed E-state index contributed by atoms with van der Waals surface area (Å²) in [5.74, 6) is 0.831. The first-order valence-electron chi connectivity index (χ1n) is 3.95. The summed E-state index contributed by atoms with van der Waals surface area (Å²) >= 11 is 2.19. The first kappa shape index (κ1) is 8.87. The van der Waals surface area contributed by atoms with E-state index in [0.29, 0.717) is 0 Å². The van der Waals surface area contributed by atoms with Gasteiger partial charge in [0.05, 0.1) is 7.11 Å². The average molecular weight is 288 g/mol. The normalized spacial score (nSPS) is 10.7. The number of furan rings is 1. The predicted octanol–water partition coefficient (Wildman–Crippen LogP) is 3.35. The molecular formula is C10H9IO2. The molecule has 1 aromatic heterocycles. The summed E-state index contributed by atoms with van der Waals surface area (Å²) < 4.78 is 11.6. The number of benzene rings is 1. The lowest BCUT2D eigenvalue weighted by Gasteiger charge is -1.97. The van der Waals surface area contributed by atoms with Gasteiger partial charge in [0.25, 0.3) is 0 Å². The molecule has 2 aromatic rings. The number of halogens is 1. The molecule has 1 aromatic carbocycles. The molecule has 0 N–H and O–H groups in total. The van der Waals surface area contributed by atoms with Crippen molar-refractivity contribution in [1.29, 1.82) is 0 Å². The van der Waals surface area contributed by atoms with Crippen LogP contribution in [0.2, 0.25) is 0 Å². The molecule has 0 bridgehead atoms. The van der Waals surface area contributed by atoms with Crippen LogP contribution in [0.5, 0.6) is 5.75 Å². The van der Waals surface area contributed by atoms with Gasteiger partial charge in [-0.3, -0.25) is 0 Å². The van der Waals surface area contributed by atoms with E-state index in [1.54, 1.807) is 7.11 Å². The van der Waals surface area contributed by atoms with Crippen LogP contribution in [0.4, 0.5) is 0 Å². The van der Waals surface area contributed by atoms with Gasteiger partial charge in [-0.2, -0.15) is 0 Å². The van der Waals surface area contributed by atoms with Gasteiger partial charge in [0.15, 0.2) is 3.77 Å². The Hall–Kier alpha value is -0.710. The minimum atomic E-state index is 0.831. The SMILES string of the molecule is COc1ccc2c(C)c(I)oc2c1. The van der Waals surface area contributed by atoms with Gasteiger partial charge in [0.2, 0.25) is 0 Å². The molecule has 0 fully saturated rings. The molecule has 0 saturated carbocycles. The first-order valence-corrected chi connectivity index (χ1v) is 5.03. The van der Waals surface area contributed by atoms with Gasteiger partial charge in [0, 0.05) is 17.0 Å². The van der Waals surface area contributed by atoms with E-state index in [2.05, 4.69) is 29.5 Å². The van der Waals surface area contributed by atoms with E-state index in [9.17, 15) is 0 Å². The van der Waals surface area contributed by atoms with Gasteiger partial charge in [-0.1, -0.05) is 0 Å². The zero-order valence-electron chi connectivity index (χ0n) is 7.43. The topological polar surface area (TPSA) is 22.4 Å². The third-order valence-corrected chi connectivity index (χ3v) is 3.12. The molecular weight excluding hydrogens is 279 g/mol. The van der Waals surface area contributed by atoms with Crippen molar-refractivity contribution in [3.05, 3.63) is 27.5 Å². The summed E-state index contributed by atoms with van der Waals surface area (Å²) in [6.45, 7) is 2.06. The molecule has 0 aliphatic rings. The maximum atomic E-state index is 5.55. The molecule has 1 heterocycles. The van der Waals surface area contributed by atoms with Gasteiger partial charge in [-0.15, -0.1) is 0 Å². The number of hydrogen-bond acceptors (Lipinski definition) is 2. The smallest absolute Gasteiger partial charge is 0.167 e. The Balaban J connectivity index is 2.73. The average Bonchev–Trinajstić information content (AvgIpc) is 2.42. The summed E-state index contributed by atoms with van der Waals surface area (Å²) in [5, 5.41) is 1.16. The number of hydrogen-bond donors (Lipinski definition) is 0. The zero-order chi connectivity index (χ0) is 9.42. The minimum Gasteiger partial charge on any atom is -0.497 e. The minimum absolute atomic E-state index is 0.831. The number of fused-ring (bicyclic) bond motifs is 1. The molecule has 0 aliphatic carbocycles. The standard InChI is InChI=1S/C10H9IO2/c1-6-8-4-3-7(12-2)5-9(8)13-10(6)11/h3-5H,1-2H3. The van der Waals surface area contributed by atoms with Gasteiger partial charge in [-0.25, -0.2) is 0 Å². The van der Waals surface area contributed by atoms with Crippen molar-refractivity contribution in [3.63, 3.8) is 0 Å². The molecule has 0 atom stereocenters. The Kier molecular flexibility index (Phi) is 2.19. The zero-order valence-corrected chi connectivity index (χ0v) is 9.58. The van der Waals surface area contributed by atoms with Crippen LogP contribution >= 0.6 is 22.6 Å². The Morgan fingerprint density at radius 1 is 1.38 bits per heavy atom. The molecule has 2 nitrogen and oxygen atoms in total. The van der Waals surface area contributed by atoms with Crippen LogP contribution in [0, 0.1) is 10.7 Å². The second-order valence-corrected chi connectivity index (χ2v) is 3.84. The van der Waals surface area contributed by atoms with E-state index in [0.717, 1.165) is 20.5 Å². The van der Waals surface area contributed by atoms with Crippen molar-refractivity contribution in [2.75, 3.05) is 7.11 Å². The highest BCUT2D eigenvalue weighted by atomic mass is 127. The fourth-order valence-corrected chi connectivity index (χ4v) is 1.83. The Morgan fingerprint density at radius 3 is 2.85 bits per heavy atom. The molecule has 0 saturated heterocycles. The van der Waals surface area contributed by atoms with Crippen LogP contribution < -0.4 is 4.74 Å². The fourth-order valence-electron chi connectivity index (χ4n) is 1.30. The summed E-state index contributed by atoms with van der Waals surface area (Å²) in [7, 11) is 1.65. The molecule has 13 heavy (non-hydrogen) atoms. The van der Waals surface area contributed by atoms with Crippen molar-refractivity contribution in [2.24, 2.45) is 0 Å². The molecule has 0 spiro atoms. The van der Waals surface area contributed by atoms with Crippen LogP contribution in [0.1, 0.15) is 5.56 Å². The van der Waals surface area contributed by atoms with E-state index in [1.165, 1.54) is 5.56 Å². The fraction of sp³-hybridized carbons (Fsp3) is 0.200. The highest BCUT2D eigenvalue weighted by Gasteiger charge is 2.07. The largest absolute Gasteiger partial charge is 0.497 e. The van der Waals surface area contributed by atoms with Crippen molar-refractivity contribution >= 4 is 33.6 Å². The molecule has 0 aliphatic heterocycles. The molecule has 3 heteroatoms. The van der Waals surface area contributed by atoms with E-state index in [1.807, 2.05) is 18.2 Å². The van der Waals surface area contributed by atoms with Crippen LogP contribution in [0.3, 0.4) is 0 Å². The van der Waals surface area contributed by atoms with E-state index < -0.39 is 0 Å². The highest BCUT2D eigenvalue weighted by Crippen LogP contribution is 2.28. The molecule has 68 valence electrons. The summed E-state index contributed by atoms with van der Waals surface area (Å²) in [5.41, 5.74) is 2.08. The van der Waals surface area contributed by atoms with Crippen molar-refractivity contribution < 1.29 is 9.15 Å².